The Labute approximate surface area is 129 Å². The van der Waals surface area contributed by atoms with E-state index in [-0.39, 0.29) is 12.7 Å². The van der Waals surface area contributed by atoms with Gasteiger partial charge >= 0.3 is 6.09 Å². The van der Waals surface area contributed by atoms with E-state index in [0.29, 0.717) is 12.0 Å². The Bertz CT molecular complexity index is 307. The van der Waals surface area contributed by atoms with E-state index in [1.807, 2.05) is 25.7 Å². The van der Waals surface area contributed by atoms with Gasteiger partial charge in [-0.15, -0.1) is 0 Å². The van der Waals surface area contributed by atoms with Gasteiger partial charge in [0, 0.05) is 25.7 Å². The van der Waals surface area contributed by atoms with Crippen LogP contribution in [0.15, 0.2) is 0 Å². The van der Waals surface area contributed by atoms with E-state index in [4.69, 9.17) is 9.84 Å². The molecule has 1 unspecified atom stereocenters. The zero-order chi connectivity index (χ0) is 15.9. The van der Waals surface area contributed by atoms with Crippen molar-refractivity contribution in [3.8, 4) is 0 Å². The lowest BCUT2D eigenvalue weighted by molar-refractivity contribution is 0.0183. The van der Waals surface area contributed by atoms with Gasteiger partial charge in [0.15, 0.2) is 0 Å². The van der Waals surface area contributed by atoms with Crippen molar-refractivity contribution in [2.75, 3.05) is 26.2 Å². The van der Waals surface area contributed by atoms with E-state index in [1.165, 1.54) is 0 Å². The van der Waals surface area contributed by atoms with Gasteiger partial charge in [0.1, 0.15) is 5.60 Å². The summed E-state index contributed by atoms with van der Waals surface area (Å²) in [5.41, 5.74) is -0.419. The molecule has 0 aromatic heterocycles. The smallest absolute Gasteiger partial charge is 0.410 e. The van der Waals surface area contributed by atoms with Crippen molar-refractivity contribution < 1.29 is 14.6 Å². The van der Waals surface area contributed by atoms with Crippen molar-refractivity contribution in [1.29, 1.82) is 0 Å². The molecular formula is C16H32N2O3. The molecule has 1 atom stereocenters. The average Bonchev–Trinajstić information content (AvgIpc) is 2.41. The zero-order valence-electron chi connectivity index (χ0n) is 14.0. The molecule has 0 spiro atoms. The summed E-state index contributed by atoms with van der Waals surface area (Å²) in [7, 11) is 0. The quantitative estimate of drug-likeness (QED) is 0.790. The molecule has 0 bridgehead atoms. The van der Waals surface area contributed by atoms with Crippen LogP contribution in [0.1, 0.15) is 53.4 Å². The van der Waals surface area contributed by atoms with Gasteiger partial charge < -0.3 is 20.1 Å². The predicted molar refractivity (Wildman–Crippen MR) is 84.3 cm³/mol. The maximum Gasteiger partial charge on any atom is 0.410 e. The molecule has 21 heavy (non-hydrogen) atoms. The fourth-order valence-electron chi connectivity index (χ4n) is 2.51. The third-order valence-corrected chi connectivity index (χ3v) is 3.82. The molecule has 1 heterocycles. The van der Waals surface area contributed by atoms with Crippen molar-refractivity contribution in [2.45, 2.75) is 65.0 Å². The van der Waals surface area contributed by atoms with Crippen LogP contribution < -0.4 is 5.32 Å². The van der Waals surface area contributed by atoms with Gasteiger partial charge in [0.05, 0.1) is 0 Å². The highest BCUT2D eigenvalue weighted by Crippen LogP contribution is 2.19. The maximum atomic E-state index is 12.0. The van der Waals surface area contributed by atoms with Crippen molar-refractivity contribution in [1.82, 2.24) is 10.2 Å². The van der Waals surface area contributed by atoms with Crippen LogP contribution in [0.5, 0.6) is 0 Å². The largest absolute Gasteiger partial charge is 0.444 e. The lowest BCUT2D eigenvalue weighted by Gasteiger charge is -2.34. The minimum absolute atomic E-state index is 0.190. The Morgan fingerprint density at radius 1 is 1.38 bits per heavy atom. The van der Waals surface area contributed by atoms with Gasteiger partial charge in [-0.2, -0.15) is 0 Å². The number of amides is 1. The molecule has 2 N–H and O–H groups in total. The summed E-state index contributed by atoms with van der Waals surface area (Å²) in [6.45, 7) is 10.7. The van der Waals surface area contributed by atoms with Crippen LogP contribution >= 0.6 is 0 Å². The summed E-state index contributed by atoms with van der Waals surface area (Å²) < 4.78 is 5.40. The Morgan fingerprint density at radius 2 is 2.00 bits per heavy atom. The third-order valence-electron chi connectivity index (χ3n) is 3.82. The lowest BCUT2D eigenvalue weighted by atomic mass is 9.96. The standard InChI is InChI=1S/C16H32N2O3/c1-13(6-5-11-19)17-12-14-7-9-18(10-8-14)15(20)21-16(2,3)4/h13-14,17,19H,5-12H2,1-4H3. The maximum absolute atomic E-state index is 12.0. The van der Waals surface area contributed by atoms with Crippen LogP contribution in [-0.2, 0) is 4.74 Å². The molecule has 0 aromatic rings. The van der Waals surface area contributed by atoms with Crippen molar-refractivity contribution >= 4 is 6.09 Å². The molecule has 1 amide bonds. The normalized spacial score (nSPS) is 18.6. The van der Waals surface area contributed by atoms with E-state index >= 15 is 0 Å². The van der Waals surface area contributed by atoms with Crippen molar-refractivity contribution in [3.05, 3.63) is 0 Å². The molecule has 0 saturated carbocycles. The fourth-order valence-corrected chi connectivity index (χ4v) is 2.51. The van der Waals surface area contributed by atoms with Crippen LogP contribution in [-0.4, -0.2) is 54.0 Å². The van der Waals surface area contributed by atoms with Crippen LogP contribution in [0.2, 0.25) is 0 Å². The minimum Gasteiger partial charge on any atom is -0.444 e. The number of ether oxygens (including phenoxy) is 1. The molecule has 5 heteroatoms. The summed E-state index contributed by atoms with van der Waals surface area (Å²) in [5, 5.41) is 12.3. The van der Waals surface area contributed by atoms with Gasteiger partial charge in [-0.3, -0.25) is 0 Å². The molecule has 1 aliphatic heterocycles. The van der Waals surface area contributed by atoms with Crippen molar-refractivity contribution in [2.24, 2.45) is 5.92 Å². The van der Waals surface area contributed by atoms with Gasteiger partial charge in [-0.1, -0.05) is 0 Å². The van der Waals surface area contributed by atoms with Gasteiger partial charge in [0.25, 0.3) is 0 Å². The number of hydrogen-bond donors (Lipinski definition) is 2. The molecule has 1 aliphatic rings. The molecule has 5 nitrogen and oxygen atoms in total. The Morgan fingerprint density at radius 3 is 2.52 bits per heavy atom. The number of piperidine rings is 1. The number of nitrogens with zero attached hydrogens (tertiary/aromatic N) is 1. The Balaban J connectivity index is 2.21. The second-order valence-electron chi connectivity index (χ2n) is 7.09. The summed E-state index contributed by atoms with van der Waals surface area (Å²) in [4.78, 5) is 13.8. The Hall–Kier alpha value is -0.810. The number of aliphatic hydroxyl groups excluding tert-OH is 1. The summed E-state index contributed by atoms with van der Waals surface area (Å²) in [5.74, 6) is 0.625. The van der Waals surface area contributed by atoms with Crippen LogP contribution in [0.3, 0.4) is 0 Å². The average molecular weight is 300 g/mol. The molecule has 0 aromatic carbocycles. The lowest BCUT2D eigenvalue weighted by Crippen LogP contribution is -2.44. The number of likely N-dealkylation sites (tertiary alicyclic amines) is 1. The van der Waals surface area contributed by atoms with Crippen LogP contribution in [0.4, 0.5) is 4.79 Å². The zero-order valence-corrected chi connectivity index (χ0v) is 14.0. The SMILES string of the molecule is CC(CCCO)NCC1CCN(C(=O)OC(C)(C)C)CC1. The van der Waals surface area contributed by atoms with E-state index in [0.717, 1.165) is 45.3 Å². The van der Waals surface area contributed by atoms with Crippen LogP contribution in [0.25, 0.3) is 0 Å². The molecular weight excluding hydrogens is 268 g/mol. The highest BCUT2D eigenvalue weighted by atomic mass is 16.6. The number of carbonyl (C=O) groups is 1. The molecule has 0 aliphatic carbocycles. The van der Waals surface area contributed by atoms with E-state index in [2.05, 4.69) is 12.2 Å². The first-order valence-electron chi connectivity index (χ1n) is 8.14. The number of rotatable bonds is 6. The van der Waals surface area contributed by atoms with Crippen molar-refractivity contribution in [3.63, 3.8) is 0 Å². The second kappa shape index (κ2) is 8.59. The van der Waals surface area contributed by atoms with Gasteiger partial charge in [-0.25, -0.2) is 4.79 Å². The first kappa shape index (κ1) is 18.2. The number of carbonyl (C=O) groups excluding carboxylic acids is 1. The second-order valence-corrected chi connectivity index (χ2v) is 7.09. The van der Waals surface area contributed by atoms with E-state index < -0.39 is 5.60 Å². The predicted octanol–water partition coefficient (Wildman–Crippen LogP) is 2.38. The number of aliphatic hydroxyl groups is 1. The molecule has 1 rings (SSSR count). The Kier molecular flexibility index (Phi) is 7.46. The summed E-state index contributed by atoms with van der Waals surface area (Å²) in [6, 6.07) is 0.445. The van der Waals surface area contributed by atoms with E-state index in [9.17, 15) is 4.79 Å². The summed E-state index contributed by atoms with van der Waals surface area (Å²) >= 11 is 0. The first-order valence-corrected chi connectivity index (χ1v) is 8.14. The molecule has 124 valence electrons. The highest BCUT2D eigenvalue weighted by Gasteiger charge is 2.26. The van der Waals surface area contributed by atoms with E-state index in [1.54, 1.807) is 0 Å². The minimum atomic E-state index is -0.419. The third kappa shape index (κ3) is 7.67. The molecule has 1 saturated heterocycles. The monoisotopic (exact) mass is 300 g/mol. The summed E-state index contributed by atoms with van der Waals surface area (Å²) in [6.07, 6.45) is 3.72. The molecule has 1 fully saturated rings. The number of nitrogens with one attached hydrogen (secondary N) is 1. The fraction of sp³-hybridized carbons (Fsp3) is 0.938. The topological polar surface area (TPSA) is 61.8 Å². The van der Waals surface area contributed by atoms with Gasteiger partial charge in [-0.05, 0) is 65.8 Å². The van der Waals surface area contributed by atoms with Gasteiger partial charge in [0.2, 0.25) is 0 Å². The van der Waals surface area contributed by atoms with Crippen LogP contribution in [0, 0.1) is 5.92 Å². The highest BCUT2D eigenvalue weighted by molar-refractivity contribution is 5.68. The molecule has 0 radical (unpaired) electrons. The first-order chi connectivity index (χ1) is 9.81. The number of hydrogen-bond acceptors (Lipinski definition) is 4.